The Hall–Kier alpha value is -8.19. The summed E-state index contributed by atoms with van der Waals surface area (Å²) in [6.45, 7) is 0. The molecule has 0 saturated heterocycles. The number of hydrogen-bond acceptors (Lipinski definition) is 6. The lowest BCUT2D eigenvalue weighted by atomic mass is 9.68. The number of fused-ring (bicyclic) bond motifs is 9. The molecule has 0 spiro atoms. The maximum Gasteiger partial charge on any atom is 0.178 e. The Morgan fingerprint density at radius 2 is 0.906 bits per heavy atom. The van der Waals surface area contributed by atoms with Crippen molar-refractivity contribution in [3.8, 4) is 79.4 Å². The molecule has 0 amide bonds. The maximum atomic E-state index is 7.00. The first-order valence-electron chi connectivity index (χ1n) is 21.4. The summed E-state index contributed by atoms with van der Waals surface area (Å²) in [5.74, 6) is 4.62. The normalized spacial score (nSPS) is 13.1. The Balaban J connectivity index is 0.881. The molecule has 2 aromatic heterocycles. The molecule has 0 saturated carbocycles. The molecule has 1 aliphatic carbocycles. The summed E-state index contributed by atoms with van der Waals surface area (Å²) in [6, 6.07) is 74.2. The third-order valence-corrected chi connectivity index (χ3v) is 13.8. The number of rotatable bonds is 6. The fourth-order valence-electron chi connectivity index (χ4n) is 9.83. The average molecular weight is 838 g/mol. The highest BCUT2D eigenvalue weighted by atomic mass is 32.1. The van der Waals surface area contributed by atoms with Crippen molar-refractivity contribution >= 4 is 31.5 Å². The third kappa shape index (κ3) is 5.59. The predicted molar refractivity (Wildman–Crippen MR) is 258 cm³/mol. The molecule has 2 aliphatic rings. The van der Waals surface area contributed by atoms with Crippen LogP contribution >= 0.6 is 11.3 Å². The van der Waals surface area contributed by atoms with Gasteiger partial charge in [-0.3, -0.25) is 0 Å². The number of hydrogen-bond donors (Lipinski definition) is 0. The van der Waals surface area contributed by atoms with E-state index in [2.05, 4.69) is 170 Å². The van der Waals surface area contributed by atoms with Crippen LogP contribution in [-0.2, 0) is 5.41 Å². The van der Waals surface area contributed by atoms with E-state index in [9.17, 15) is 0 Å². The second-order valence-corrected chi connectivity index (χ2v) is 17.3. The van der Waals surface area contributed by atoms with Crippen LogP contribution in [0, 0.1) is 0 Å². The van der Waals surface area contributed by atoms with E-state index in [0.29, 0.717) is 34.7 Å². The quantitative estimate of drug-likeness (QED) is 0.167. The van der Waals surface area contributed by atoms with E-state index in [-0.39, 0.29) is 0 Å². The summed E-state index contributed by atoms with van der Waals surface area (Å²) in [4.78, 5) is 15.1. The Labute approximate surface area is 373 Å². The highest BCUT2D eigenvalue weighted by Gasteiger charge is 2.48. The van der Waals surface area contributed by atoms with Crippen LogP contribution in [0.4, 0.5) is 0 Å². The number of benzene rings is 9. The second-order valence-electron chi connectivity index (χ2n) is 16.2. The van der Waals surface area contributed by atoms with Gasteiger partial charge in [0, 0.05) is 48.0 Å². The summed E-state index contributed by atoms with van der Waals surface area (Å²) in [6.07, 6.45) is 0. The van der Waals surface area contributed by atoms with E-state index in [4.69, 9.17) is 24.4 Å². The zero-order valence-electron chi connectivity index (χ0n) is 34.3. The van der Waals surface area contributed by atoms with Gasteiger partial charge in [-0.1, -0.05) is 188 Å². The van der Waals surface area contributed by atoms with E-state index < -0.39 is 5.41 Å². The van der Waals surface area contributed by atoms with Crippen LogP contribution < -0.4 is 9.47 Å². The van der Waals surface area contributed by atoms with Gasteiger partial charge >= 0.3 is 0 Å². The minimum Gasteiger partial charge on any atom is -0.449 e. The van der Waals surface area contributed by atoms with Gasteiger partial charge in [0.1, 0.15) is 0 Å². The molecule has 0 bridgehead atoms. The van der Waals surface area contributed by atoms with E-state index in [1.54, 1.807) is 11.3 Å². The van der Waals surface area contributed by atoms with Gasteiger partial charge in [0.25, 0.3) is 0 Å². The first-order valence-corrected chi connectivity index (χ1v) is 22.2. The lowest BCUT2D eigenvalue weighted by Gasteiger charge is -2.34. The molecule has 0 unspecified atom stereocenters. The van der Waals surface area contributed by atoms with E-state index in [1.165, 1.54) is 42.4 Å². The molecule has 0 fully saturated rings. The summed E-state index contributed by atoms with van der Waals surface area (Å²) < 4.78 is 16.4. The van der Waals surface area contributed by atoms with Crippen LogP contribution in [0.5, 0.6) is 23.0 Å². The molecule has 3 heterocycles. The van der Waals surface area contributed by atoms with Gasteiger partial charge in [-0.25, -0.2) is 15.0 Å². The van der Waals surface area contributed by atoms with Crippen molar-refractivity contribution in [2.24, 2.45) is 0 Å². The maximum absolute atomic E-state index is 7.00. The minimum absolute atomic E-state index is 0.537. The summed E-state index contributed by atoms with van der Waals surface area (Å²) in [5.41, 5.74) is 11.1. The number of nitrogens with zero attached hydrogens (tertiary/aromatic N) is 3. The number of aromatic nitrogens is 3. The van der Waals surface area contributed by atoms with Crippen LogP contribution in [0.25, 0.3) is 76.6 Å². The van der Waals surface area contributed by atoms with Crippen molar-refractivity contribution in [2.75, 3.05) is 0 Å². The van der Waals surface area contributed by atoms with Crippen molar-refractivity contribution in [3.05, 3.63) is 235 Å². The fourth-order valence-corrected chi connectivity index (χ4v) is 11.0. The molecule has 0 radical (unpaired) electrons. The van der Waals surface area contributed by atoms with Crippen molar-refractivity contribution in [1.82, 2.24) is 15.0 Å². The molecule has 64 heavy (non-hydrogen) atoms. The molecular formula is C58H35N3O2S. The molecule has 11 aromatic rings. The Kier molecular flexibility index (Phi) is 8.23. The van der Waals surface area contributed by atoms with Crippen molar-refractivity contribution in [1.29, 1.82) is 0 Å². The molecule has 13 rings (SSSR count). The van der Waals surface area contributed by atoms with Gasteiger partial charge in [-0.05, 0) is 57.6 Å². The largest absolute Gasteiger partial charge is 0.449 e. The lowest BCUT2D eigenvalue weighted by molar-refractivity contribution is 0.361. The van der Waals surface area contributed by atoms with E-state index in [1.807, 2.05) is 42.5 Å². The topological polar surface area (TPSA) is 57.1 Å². The first-order chi connectivity index (χ1) is 31.7. The number of thiophene rings is 1. The van der Waals surface area contributed by atoms with Crippen molar-refractivity contribution in [3.63, 3.8) is 0 Å². The molecule has 1 aliphatic heterocycles. The van der Waals surface area contributed by atoms with Crippen LogP contribution in [0.2, 0.25) is 0 Å². The molecule has 0 atom stereocenters. The predicted octanol–water partition coefficient (Wildman–Crippen LogP) is 15.2. The fraction of sp³-hybridized carbons (Fsp3) is 0.0172. The van der Waals surface area contributed by atoms with Gasteiger partial charge in [0.15, 0.2) is 40.5 Å². The highest BCUT2D eigenvalue weighted by molar-refractivity contribution is 7.25. The summed E-state index contributed by atoms with van der Waals surface area (Å²) >= 11 is 1.79. The SMILES string of the molecule is c1ccc(-c2nc(-c3ccc(-c4cccc5c4Oc4ccc6c(c4O5)-c4ccccc4C6(c4ccccc4)c4ccccc4)cc3)nc(-c3ccc4c(c3)sc3ccccc34)n2)cc1. The summed E-state index contributed by atoms with van der Waals surface area (Å²) in [7, 11) is 0. The molecular weight excluding hydrogens is 803 g/mol. The van der Waals surface area contributed by atoms with Crippen molar-refractivity contribution in [2.45, 2.75) is 5.41 Å². The Morgan fingerprint density at radius 1 is 0.359 bits per heavy atom. The molecule has 6 heteroatoms. The van der Waals surface area contributed by atoms with Crippen LogP contribution in [-0.4, -0.2) is 15.0 Å². The number of ether oxygens (including phenoxy) is 2. The zero-order chi connectivity index (χ0) is 42.2. The van der Waals surface area contributed by atoms with E-state index in [0.717, 1.165) is 44.7 Å². The smallest absolute Gasteiger partial charge is 0.178 e. The van der Waals surface area contributed by atoms with Crippen molar-refractivity contribution < 1.29 is 9.47 Å². The average Bonchev–Trinajstić information content (AvgIpc) is 3.90. The minimum atomic E-state index is -0.537. The third-order valence-electron chi connectivity index (χ3n) is 12.7. The highest BCUT2D eigenvalue weighted by Crippen LogP contribution is 2.62. The molecule has 5 nitrogen and oxygen atoms in total. The second kappa shape index (κ2) is 14.4. The first kappa shape index (κ1) is 36.5. The number of para-hydroxylation sites is 1. The van der Waals surface area contributed by atoms with Gasteiger partial charge in [0.2, 0.25) is 0 Å². The molecule has 9 aromatic carbocycles. The summed E-state index contributed by atoms with van der Waals surface area (Å²) in [5, 5.41) is 2.50. The van der Waals surface area contributed by atoms with Crippen LogP contribution in [0.15, 0.2) is 212 Å². The van der Waals surface area contributed by atoms with E-state index >= 15 is 0 Å². The Bertz CT molecular complexity index is 3570. The van der Waals surface area contributed by atoms with Gasteiger partial charge in [-0.15, -0.1) is 11.3 Å². The zero-order valence-corrected chi connectivity index (χ0v) is 35.1. The van der Waals surface area contributed by atoms with Crippen LogP contribution in [0.3, 0.4) is 0 Å². The van der Waals surface area contributed by atoms with Gasteiger partial charge < -0.3 is 9.47 Å². The van der Waals surface area contributed by atoms with Gasteiger partial charge in [0.05, 0.1) is 5.41 Å². The van der Waals surface area contributed by atoms with Gasteiger partial charge in [-0.2, -0.15) is 0 Å². The Morgan fingerprint density at radius 3 is 1.66 bits per heavy atom. The van der Waals surface area contributed by atoms with Crippen LogP contribution in [0.1, 0.15) is 22.3 Å². The standard InChI is InChI=1S/C58H35N3O2S/c1-4-15-37(16-5-1)55-59-56(61-57(60-55)39-31-32-44-43-21-11-13-26-50(43)64-51(44)35-39)38-29-27-36(28-30-38)42-23-14-25-48-53(42)62-49-34-33-47-52(54(49)63-48)45-22-10-12-24-46(45)58(47,40-17-6-2-7-18-40)41-19-8-3-9-20-41/h1-35H. The monoisotopic (exact) mass is 837 g/mol. The lowest BCUT2D eigenvalue weighted by Crippen LogP contribution is -2.28. The molecule has 300 valence electrons. The molecule has 0 N–H and O–H groups in total.